The quantitative estimate of drug-likeness (QED) is 0.360. The molecule has 0 amide bonds. The zero-order valence-corrected chi connectivity index (χ0v) is 12.0. The van der Waals surface area contributed by atoms with Gasteiger partial charge in [0.2, 0.25) is 0 Å². The van der Waals surface area contributed by atoms with Crippen LogP contribution in [0.5, 0.6) is 0 Å². The van der Waals surface area contributed by atoms with Gasteiger partial charge in [0.15, 0.2) is 11.8 Å². The Balaban J connectivity index is 2.51. The second-order valence-corrected chi connectivity index (χ2v) is 5.12. The summed E-state index contributed by atoms with van der Waals surface area (Å²) >= 11 is 2.01. The van der Waals surface area contributed by atoms with Crippen molar-refractivity contribution < 1.29 is 14.9 Å². The van der Waals surface area contributed by atoms with Crippen LogP contribution in [-0.2, 0) is 4.74 Å². The zero-order valence-electron chi connectivity index (χ0n) is 9.82. The number of hydrogen-bond donors (Lipinski definition) is 3. The monoisotopic (exact) mass is 380 g/mol. The van der Waals surface area contributed by atoms with Crippen LogP contribution in [0.3, 0.4) is 0 Å². The van der Waals surface area contributed by atoms with Crippen LogP contribution in [0.2, 0.25) is 0 Å². The molecule has 0 aromatic carbocycles. The smallest absolute Gasteiger partial charge is 0.330 e. The molecule has 8 heteroatoms. The first kappa shape index (κ1) is 14.4. The summed E-state index contributed by atoms with van der Waals surface area (Å²) in [5.41, 5.74) is -3.07. The fourth-order valence-electron chi connectivity index (χ4n) is 2.04. The number of aromatic nitrogens is 2. The zero-order chi connectivity index (χ0) is 14.2. The maximum Gasteiger partial charge on any atom is 0.330 e. The summed E-state index contributed by atoms with van der Waals surface area (Å²) in [6.45, 7) is 3.48. The second kappa shape index (κ2) is 5.19. The number of aliphatic hydroxyl groups is 2. The van der Waals surface area contributed by atoms with Gasteiger partial charge in [-0.1, -0.05) is 35.2 Å². The average Bonchev–Trinajstić information content (AvgIpc) is 2.63. The lowest BCUT2D eigenvalue weighted by Crippen LogP contribution is -2.47. The molecule has 2 heterocycles. The molecule has 7 nitrogen and oxygen atoms in total. The highest BCUT2D eigenvalue weighted by Crippen LogP contribution is 2.39. The van der Waals surface area contributed by atoms with E-state index in [4.69, 9.17) is 4.74 Å². The van der Waals surface area contributed by atoms with E-state index < -0.39 is 35.3 Å². The van der Waals surface area contributed by atoms with Crippen LogP contribution in [-0.4, -0.2) is 42.0 Å². The molecule has 104 valence electrons. The average molecular weight is 380 g/mol. The molecule has 19 heavy (non-hydrogen) atoms. The number of H-pyrrole nitrogens is 1. The molecule has 0 radical (unpaired) electrons. The molecule has 1 aromatic rings. The van der Waals surface area contributed by atoms with Crippen LogP contribution in [0.25, 0.3) is 0 Å². The fourth-order valence-corrected chi connectivity index (χ4v) is 2.72. The molecule has 4 atom stereocenters. The molecule has 0 aliphatic carbocycles. The van der Waals surface area contributed by atoms with Gasteiger partial charge >= 0.3 is 5.69 Å². The first-order valence-corrected chi connectivity index (χ1v) is 7.03. The van der Waals surface area contributed by atoms with Gasteiger partial charge in [0.1, 0.15) is 6.10 Å². The van der Waals surface area contributed by atoms with Gasteiger partial charge in [-0.2, -0.15) is 0 Å². The normalized spacial score (nSPS) is 34.4. The molecule has 1 fully saturated rings. The van der Waals surface area contributed by atoms with Crippen LogP contribution in [0.4, 0.5) is 0 Å². The fraction of sp³-hybridized carbons (Fsp3) is 0.455. The van der Waals surface area contributed by atoms with Crippen LogP contribution in [0, 0.1) is 0 Å². The van der Waals surface area contributed by atoms with Crippen LogP contribution >= 0.6 is 22.6 Å². The van der Waals surface area contributed by atoms with E-state index in [-0.39, 0.29) is 0 Å². The summed E-state index contributed by atoms with van der Waals surface area (Å²) in [6.07, 6.45) is -0.614. The molecular formula is C11H13IN2O5. The Morgan fingerprint density at radius 2 is 2.32 bits per heavy atom. The molecule has 1 saturated heterocycles. The summed E-state index contributed by atoms with van der Waals surface area (Å²) in [5, 5.41) is 20.5. The van der Waals surface area contributed by atoms with Gasteiger partial charge in [-0.05, 0) is 0 Å². The number of aromatic amines is 1. The summed E-state index contributed by atoms with van der Waals surface area (Å²) in [4.78, 5) is 24.8. The van der Waals surface area contributed by atoms with E-state index in [9.17, 15) is 19.8 Å². The number of hydrogen-bond acceptors (Lipinski definition) is 5. The first-order chi connectivity index (χ1) is 8.93. The van der Waals surface area contributed by atoms with E-state index in [0.29, 0.717) is 4.43 Å². The Bertz CT molecular complexity index is 597. The summed E-state index contributed by atoms with van der Waals surface area (Å²) in [5.74, 6) is 0. The van der Waals surface area contributed by atoms with Crippen molar-refractivity contribution in [3.63, 3.8) is 0 Å². The van der Waals surface area contributed by atoms with E-state index in [1.165, 1.54) is 6.20 Å². The molecule has 0 spiro atoms. The highest BCUT2D eigenvalue weighted by atomic mass is 127. The number of aliphatic hydroxyl groups excluding tert-OH is 1. The maximum atomic E-state index is 11.7. The van der Waals surface area contributed by atoms with Crippen molar-refractivity contribution in [3.8, 4) is 0 Å². The van der Waals surface area contributed by atoms with E-state index in [1.807, 2.05) is 22.6 Å². The summed E-state index contributed by atoms with van der Waals surface area (Å²) < 4.78 is 6.96. The second-order valence-electron chi connectivity index (χ2n) is 4.23. The number of halogens is 1. The number of rotatable bonds is 3. The van der Waals surface area contributed by atoms with Crippen molar-refractivity contribution in [3.05, 3.63) is 45.8 Å². The standard InChI is InChI=1S/C11H13IN2O5/c1-2-11(18)8(16)6(5-12)19-9(11)14-4-3-7(15)13-10(14)17/h2-4,6,8-9,16,18H,1,5H2,(H,13,15,17)/t6?,8-,9-,11-/m1/s1. The van der Waals surface area contributed by atoms with E-state index in [0.717, 1.165) is 16.7 Å². The minimum absolute atomic E-state index is 0.434. The number of ether oxygens (including phenoxy) is 1. The Kier molecular flexibility index (Phi) is 3.95. The van der Waals surface area contributed by atoms with E-state index in [1.54, 1.807) is 0 Å². The van der Waals surface area contributed by atoms with Crippen LogP contribution in [0.15, 0.2) is 34.5 Å². The molecule has 1 aromatic heterocycles. The molecule has 1 unspecified atom stereocenters. The van der Waals surface area contributed by atoms with E-state index in [2.05, 4.69) is 11.6 Å². The van der Waals surface area contributed by atoms with Crippen molar-refractivity contribution in [1.82, 2.24) is 9.55 Å². The Labute approximate surface area is 121 Å². The number of nitrogens with zero attached hydrogens (tertiary/aromatic N) is 1. The molecule has 0 bridgehead atoms. The minimum Gasteiger partial charge on any atom is -0.387 e. The predicted molar refractivity (Wildman–Crippen MR) is 75.3 cm³/mol. The highest BCUT2D eigenvalue weighted by Gasteiger charge is 2.54. The maximum absolute atomic E-state index is 11.7. The van der Waals surface area contributed by atoms with Crippen LogP contribution < -0.4 is 11.2 Å². The Morgan fingerprint density at radius 1 is 1.63 bits per heavy atom. The third-order valence-corrected chi connectivity index (χ3v) is 3.98. The van der Waals surface area contributed by atoms with Gasteiger partial charge in [-0.3, -0.25) is 14.3 Å². The van der Waals surface area contributed by atoms with Gasteiger partial charge in [0.25, 0.3) is 5.56 Å². The van der Waals surface area contributed by atoms with Crippen molar-refractivity contribution in [2.75, 3.05) is 4.43 Å². The Hall–Kier alpha value is -0.970. The molecule has 1 aliphatic heterocycles. The highest BCUT2D eigenvalue weighted by molar-refractivity contribution is 14.1. The lowest BCUT2D eigenvalue weighted by atomic mass is 9.94. The topological polar surface area (TPSA) is 105 Å². The van der Waals surface area contributed by atoms with Gasteiger partial charge in [0.05, 0.1) is 6.10 Å². The lowest BCUT2D eigenvalue weighted by Gasteiger charge is -2.28. The van der Waals surface area contributed by atoms with Crippen molar-refractivity contribution in [2.45, 2.75) is 24.0 Å². The largest absolute Gasteiger partial charge is 0.387 e. The minimum atomic E-state index is -1.79. The third kappa shape index (κ3) is 2.29. The van der Waals surface area contributed by atoms with Crippen molar-refractivity contribution >= 4 is 22.6 Å². The van der Waals surface area contributed by atoms with Gasteiger partial charge in [-0.15, -0.1) is 0 Å². The Morgan fingerprint density at radius 3 is 2.84 bits per heavy atom. The molecule has 2 rings (SSSR count). The van der Waals surface area contributed by atoms with Gasteiger partial charge < -0.3 is 14.9 Å². The number of alkyl halides is 1. The SMILES string of the molecule is C=C[C@@]1(O)[C@H](O)C(CI)O[C@H]1n1ccc(=O)[nH]c1=O. The van der Waals surface area contributed by atoms with Crippen molar-refractivity contribution in [1.29, 1.82) is 0 Å². The van der Waals surface area contributed by atoms with Crippen LogP contribution in [0.1, 0.15) is 6.23 Å². The molecule has 0 saturated carbocycles. The molecule has 3 N–H and O–H groups in total. The van der Waals surface area contributed by atoms with E-state index >= 15 is 0 Å². The van der Waals surface area contributed by atoms with Gasteiger partial charge in [-0.25, -0.2) is 4.79 Å². The lowest BCUT2D eigenvalue weighted by molar-refractivity contribution is -0.0771. The van der Waals surface area contributed by atoms with Gasteiger partial charge in [0, 0.05) is 16.7 Å². The molecular weight excluding hydrogens is 367 g/mol. The predicted octanol–water partition coefficient (Wildman–Crippen LogP) is -0.853. The first-order valence-electron chi connectivity index (χ1n) is 5.51. The third-order valence-electron chi connectivity index (χ3n) is 3.11. The summed E-state index contributed by atoms with van der Waals surface area (Å²) in [7, 11) is 0. The number of nitrogens with one attached hydrogen (secondary N) is 1. The molecule has 1 aliphatic rings. The van der Waals surface area contributed by atoms with Crippen molar-refractivity contribution in [2.24, 2.45) is 0 Å². The summed E-state index contributed by atoms with van der Waals surface area (Å²) in [6, 6.07) is 1.14.